The summed E-state index contributed by atoms with van der Waals surface area (Å²) in [5.41, 5.74) is 5.93. The van der Waals surface area contributed by atoms with Crippen LogP contribution in [0.2, 0.25) is 0 Å². The second-order valence-corrected chi connectivity index (χ2v) is 4.79. The zero-order valence-corrected chi connectivity index (χ0v) is 10.7. The van der Waals surface area contributed by atoms with E-state index in [-0.39, 0.29) is 0 Å². The van der Waals surface area contributed by atoms with Gasteiger partial charge in [-0.2, -0.15) is 0 Å². The molecule has 0 spiro atoms. The van der Waals surface area contributed by atoms with Gasteiger partial charge in [0.05, 0.1) is 0 Å². The highest BCUT2D eigenvalue weighted by Gasteiger charge is 2.25. The SMILES string of the molecule is CC.CC(C)C1CCCC(C(C)N)C1. The highest BCUT2D eigenvalue weighted by molar-refractivity contribution is 4.79. The third kappa shape index (κ3) is 4.45. The molecule has 3 atom stereocenters. The molecule has 1 saturated carbocycles. The largest absolute Gasteiger partial charge is 0.328 e. The van der Waals surface area contributed by atoms with Crippen LogP contribution in [-0.2, 0) is 0 Å². The average molecular weight is 199 g/mol. The Hall–Kier alpha value is -0.0400. The van der Waals surface area contributed by atoms with Crippen molar-refractivity contribution < 1.29 is 0 Å². The molecule has 3 unspecified atom stereocenters. The zero-order valence-electron chi connectivity index (χ0n) is 10.7. The van der Waals surface area contributed by atoms with Crippen LogP contribution in [0.25, 0.3) is 0 Å². The standard InChI is InChI=1S/C11H23N.C2H6/c1-8(2)10-5-4-6-11(7-10)9(3)12;1-2/h8-11H,4-7,12H2,1-3H3;1-2H3. The topological polar surface area (TPSA) is 26.0 Å². The Balaban J connectivity index is 0.000000791. The molecular weight excluding hydrogens is 170 g/mol. The molecule has 0 aromatic rings. The van der Waals surface area contributed by atoms with Gasteiger partial charge in [-0.05, 0) is 37.5 Å². The number of nitrogens with two attached hydrogens (primary N) is 1. The van der Waals surface area contributed by atoms with Gasteiger partial charge in [0.25, 0.3) is 0 Å². The normalized spacial score (nSPS) is 29.4. The zero-order chi connectivity index (χ0) is 11.1. The Kier molecular flexibility index (Phi) is 7.26. The Morgan fingerprint density at radius 3 is 1.93 bits per heavy atom. The minimum absolute atomic E-state index is 0.409. The molecular formula is C13H29N. The fraction of sp³-hybridized carbons (Fsp3) is 1.00. The molecule has 2 N–H and O–H groups in total. The van der Waals surface area contributed by atoms with E-state index < -0.39 is 0 Å². The molecule has 0 heterocycles. The van der Waals surface area contributed by atoms with Crippen LogP contribution >= 0.6 is 0 Å². The summed E-state index contributed by atoms with van der Waals surface area (Å²) in [6.07, 6.45) is 5.56. The minimum atomic E-state index is 0.409. The van der Waals surface area contributed by atoms with Crippen molar-refractivity contribution in [2.75, 3.05) is 0 Å². The summed E-state index contributed by atoms with van der Waals surface area (Å²) in [5.74, 6) is 2.59. The predicted molar refractivity (Wildman–Crippen MR) is 65.3 cm³/mol. The molecule has 14 heavy (non-hydrogen) atoms. The molecule has 0 aliphatic heterocycles. The third-order valence-electron chi connectivity index (χ3n) is 3.44. The van der Waals surface area contributed by atoms with Gasteiger partial charge >= 0.3 is 0 Å². The number of rotatable bonds is 2. The van der Waals surface area contributed by atoms with Gasteiger partial charge in [-0.25, -0.2) is 0 Å². The quantitative estimate of drug-likeness (QED) is 0.719. The number of hydrogen-bond donors (Lipinski definition) is 1. The first kappa shape index (κ1) is 14.0. The molecule has 0 saturated heterocycles. The van der Waals surface area contributed by atoms with Gasteiger partial charge in [0, 0.05) is 6.04 Å². The van der Waals surface area contributed by atoms with Crippen molar-refractivity contribution in [3.8, 4) is 0 Å². The van der Waals surface area contributed by atoms with Crippen molar-refractivity contribution in [2.45, 2.75) is 66.3 Å². The smallest absolute Gasteiger partial charge is 0.00388 e. The van der Waals surface area contributed by atoms with E-state index in [0.29, 0.717) is 6.04 Å². The van der Waals surface area contributed by atoms with Crippen LogP contribution in [0.15, 0.2) is 0 Å². The number of hydrogen-bond acceptors (Lipinski definition) is 1. The van der Waals surface area contributed by atoms with Crippen molar-refractivity contribution >= 4 is 0 Å². The second kappa shape index (κ2) is 7.28. The molecule has 0 radical (unpaired) electrons. The molecule has 0 bridgehead atoms. The fourth-order valence-electron chi connectivity index (χ4n) is 2.35. The first-order chi connectivity index (χ1) is 6.61. The fourth-order valence-corrected chi connectivity index (χ4v) is 2.35. The lowest BCUT2D eigenvalue weighted by Gasteiger charge is -2.33. The van der Waals surface area contributed by atoms with Gasteiger partial charge in [-0.1, -0.05) is 40.5 Å². The Morgan fingerprint density at radius 2 is 1.50 bits per heavy atom. The van der Waals surface area contributed by atoms with Gasteiger partial charge in [0.2, 0.25) is 0 Å². The molecule has 0 aromatic carbocycles. The molecule has 1 rings (SSSR count). The molecule has 1 fully saturated rings. The summed E-state index contributed by atoms with van der Waals surface area (Å²) in [4.78, 5) is 0. The van der Waals surface area contributed by atoms with Crippen molar-refractivity contribution in [2.24, 2.45) is 23.5 Å². The molecule has 0 amide bonds. The van der Waals surface area contributed by atoms with E-state index in [4.69, 9.17) is 5.73 Å². The van der Waals surface area contributed by atoms with Gasteiger partial charge in [-0.15, -0.1) is 0 Å². The van der Waals surface area contributed by atoms with E-state index in [1.54, 1.807) is 0 Å². The summed E-state index contributed by atoms with van der Waals surface area (Å²) in [7, 11) is 0. The maximum atomic E-state index is 5.93. The summed E-state index contributed by atoms with van der Waals surface area (Å²) >= 11 is 0. The Bertz CT molecular complexity index is 115. The van der Waals surface area contributed by atoms with Crippen LogP contribution in [0.5, 0.6) is 0 Å². The Labute approximate surface area is 90.5 Å². The van der Waals surface area contributed by atoms with E-state index in [2.05, 4.69) is 20.8 Å². The summed E-state index contributed by atoms with van der Waals surface area (Å²) in [6.45, 7) is 10.8. The van der Waals surface area contributed by atoms with Crippen LogP contribution in [0, 0.1) is 17.8 Å². The lowest BCUT2D eigenvalue weighted by atomic mass is 9.74. The van der Waals surface area contributed by atoms with Crippen molar-refractivity contribution in [3.63, 3.8) is 0 Å². The van der Waals surface area contributed by atoms with E-state index in [9.17, 15) is 0 Å². The Morgan fingerprint density at radius 1 is 1.00 bits per heavy atom. The van der Waals surface area contributed by atoms with Crippen LogP contribution in [0.1, 0.15) is 60.3 Å². The molecule has 86 valence electrons. The van der Waals surface area contributed by atoms with E-state index >= 15 is 0 Å². The highest BCUT2D eigenvalue weighted by Crippen LogP contribution is 2.34. The van der Waals surface area contributed by atoms with Crippen LogP contribution in [0.3, 0.4) is 0 Å². The minimum Gasteiger partial charge on any atom is -0.328 e. The van der Waals surface area contributed by atoms with Crippen molar-refractivity contribution in [1.82, 2.24) is 0 Å². The summed E-state index contributed by atoms with van der Waals surface area (Å²) in [5, 5.41) is 0. The van der Waals surface area contributed by atoms with Crippen molar-refractivity contribution in [1.29, 1.82) is 0 Å². The van der Waals surface area contributed by atoms with Gasteiger partial charge in [-0.3, -0.25) is 0 Å². The maximum absolute atomic E-state index is 5.93. The van der Waals surface area contributed by atoms with Gasteiger partial charge < -0.3 is 5.73 Å². The van der Waals surface area contributed by atoms with Crippen LogP contribution < -0.4 is 5.73 Å². The monoisotopic (exact) mass is 199 g/mol. The van der Waals surface area contributed by atoms with E-state index in [1.165, 1.54) is 25.7 Å². The molecule has 0 aromatic heterocycles. The molecule has 1 aliphatic rings. The predicted octanol–water partition coefficient (Wildman–Crippen LogP) is 3.82. The molecule has 1 aliphatic carbocycles. The molecule has 1 nitrogen and oxygen atoms in total. The maximum Gasteiger partial charge on any atom is 0.00388 e. The van der Waals surface area contributed by atoms with Gasteiger partial charge in [0.1, 0.15) is 0 Å². The average Bonchev–Trinajstić information content (AvgIpc) is 2.21. The second-order valence-electron chi connectivity index (χ2n) is 4.79. The van der Waals surface area contributed by atoms with Crippen LogP contribution in [-0.4, -0.2) is 6.04 Å². The first-order valence-electron chi connectivity index (χ1n) is 6.37. The third-order valence-corrected chi connectivity index (χ3v) is 3.44. The van der Waals surface area contributed by atoms with Crippen molar-refractivity contribution in [3.05, 3.63) is 0 Å². The summed E-state index contributed by atoms with van der Waals surface area (Å²) in [6, 6.07) is 0.409. The molecule has 1 heteroatoms. The lowest BCUT2D eigenvalue weighted by molar-refractivity contribution is 0.197. The van der Waals surface area contributed by atoms with E-state index in [1.807, 2.05) is 13.8 Å². The van der Waals surface area contributed by atoms with Crippen LogP contribution in [0.4, 0.5) is 0 Å². The van der Waals surface area contributed by atoms with E-state index in [0.717, 1.165) is 17.8 Å². The first-order valence-corrected chi connectivity index (χ1v) is 6.37. The lowest BCUT2D eigenvalue weighted by Crippen LogP contribution is -2.32. The highest BCUT2D eigenvalue weighted by atomic mass is 14.6. The van der Waals surface area contributed by atoms with Gasteiger partial charge in [0.15, 0.2) is 0 Å². The summed E-state index contributed by atoms with van der Waals surface area (Å²) < 4.78 is 0.